The number of rotatable bonds is 4. The van der Waals surface area contributed by atoms with Gasteiger partial charge in [0.1, 0.15) is 0 Å². The smallest absolute Gasteiger partial charge is 0.251 e. The largest absolute Gasteiger partial charge is 0.347 e. The summed E-state index contributed by atoms with van der Waals surface area (Å²) in [6.45, 7) is 8.06. The molecule has 0 fully saturated rings. The molecule has 19 heavy (non-hydrogen) atoms. The van der Waals surface area contributed by atoms with Gasteiger partial charge in [-0.25, -0.2) is 0 Å². The molecule has 1 aliphatic heterocycles. The third-order valence-electron chi connectivity index (χ3n) is 3.43. The van der Waals surface area contributed by atoms with Gasteiger partial charge in [-0.2, -0.15) is 0 Å². The first-order chi connectivity index (χ1) is 8.52. The lowest BCUT2D eigenvalue weighted by atomic mass is 9.98. The van der Waals surface area contributed by atoms with E-state index in [0.29, 0.717) is 0 Å². The van der Waals surface area contributed by atoms with Gasteiger partial charge < -0.3 is 10.6 Å². The van der Waals surface area contributed by atoms with Crippen LogP contribution in [0.5, 0.6) is 0 Å². The predicted molar refractivity (Wildman–Crippen MR) is 80.7 cm³/mol. The average Bonchev–Trinajstić information content (AvgIpc) is 2.74. The van der Waals surface area contributed by atoms with E-state index in [1.807, 2.05) is 12.1 Å². The van der Waals surface area contributed by atoms with Crippen molar-refractivity contribution in [2.24, 2.45) is 0 Å². The number of carbonyl (C=O) groups is 1. The molecular weight excluding hydrogens is 260 g/mol. The summed E-state index contributed by atoms with van der Waals surface area (Å²) in [4.78, 5) is 12.2. The van der Waals surface area contributed by atoms with Gasteiger partial charge in [0.15, 0.2) is 0 Å². The Balaban J connectivity index is 0.00000180. The molecule has 0 bridgehead atoms. The lowest BCUT2D eigenvalue weighted by Gasteiger charge is -2.25. The maximum atomic E-state index is 12.2. The van der Waals surface area contributed by atoms with E-state index >= 15 is 0 Å². The van der Waals surface area contributed by atoms with Crippen molar-refractivity contribution in [3.63, 3.8) is 0 Å². The van der Waals surface area contributed by atoms with Gasteiger partial charge in [-0.1, -0.05) is 19.4 Å². The second-order valence-corrected chi connectivity index (χ2v) is 5.68. The Kier molecular flexibility index (Phi) is 5.39. The number of hydrogen-bond acceptors (Lipinski definition) is 2. The van der Waals surface area contributed by atoms with Gasteiger partial charge in [0, 0.05) is 24.2 Å². The fraction of sp³-hybridized carbons (Fsp3) is 0.533. The van der Waals surface area contributed by atoms with Crippen molar-refractivity contribution in [1.82, 2.24) is 10.6 Å². The van der Waals surface area contributed by atoms with Gasteiger partial charge in [-0.05, 0) is 43.5 Å². The highest BCUT2D eigenvalue weighted by molar-refractivity contribution is 5.95. The van der Waals surface area contributed by atoms with Crippen LogP contribution in [-0.2, 0) is 13.1 Å². The van der Waals surface area contributed by atoms with Crippen LogP contribution in [0.15, 0.2) is 18.2 Å². The molecule has 0 saturated carbocycles. The lowest BCUT2D eigenvalue weighted by molar-refractivity contribution is 0.0909. The third-order valence-corrected chi connectivity index (χ3v) is 3.43. The monoisotopic (exact) mass is 282 g/mol. The fourth-order valence-electron chi connectivity index (χ4n) is 2.50. The van der Waals surface area contributed by atoms with Crippen molar-refractivity contribution in [1.29, 1.82) is 0 Å². The molecule has 1 aromatic rings. The Hall–Kier alpha value is -1.06. The first-order valence-corrected chi connectivity index (χ1v) is 6.67. The molecule has 1 heterocycles. The van der Waals surface area contributed by atoms with Crippen molar-refractivity contribution < 1.29 is 4.79 Å². The minimum absolute atomic E-state index is 0. The number of benzene rings is 1. The molecule has 1 amide bonds. The lowest BCUT2D eigenvalue weighted by Crippen LogP contribution is -2.43. The van der Waals surface area contributed by atoms with Crippen LogP contribution >= 0.6 is 12.4 Å². The molecule has 4 heteroatoms. The van der Waals surface area contributed by atoms with E-state index in [4.69, 9.17) is 0 Å². The number of carbonyl (C=O) groups excluding carboxylic acids is 1. The minimum atomic E-state index is -0.136. The molecule has 2 rings (SSSR count). The quantitative estimate of drug-likeness (QED) is 0.891. The SMILES string of the molecule is CCCC(C)(C)NC(=O)c1ccc2c(c1)CNC2.Cl. The second kappa shape index (κ2) is 6.40. The van der Waals surface area contributed by atoms with Gasteiger partial charge in [0.2, 0.25) is 0 Å². The van der Waals surface area contributed by atoms with E-state index in [0.717, 1.165) is 31.5 Å². The van der Waals surface area contributed by atoms with E-state index in [1.54, 1.807) is 0 Å². The van der Waals surface area contributed by atoms with Crippen LogP contribution < -0.4 is 10.6 Å². The molecule has 1 aromatic carbocycles. The Labute approximate surface area is 121 Å². The zero-order valence-corrected chi connectivity index (χ0v) is 12.7. The highest BCUT2D eigenvalue weighted by Gasteiger charge is 2.21. The van der Waals surface area contributed by atoms with Gasteiger partial charge in [-0.15, -0.1) is 12.4 Å². The number of hydrogen-bond donors (Lipinski definition) is 2. The molecule has 0 radical (unpaired) electrons. The topological polar surface area (TPSA) is 41.1 Å². The summed E-state index contributed by atoms with van der Waals surface area (Å²) in [6, 6.07) is 5.98. The maximum Gasteiger partial charge on any atom is 0.251 e. The Bertz CT molecular complexity index is 457. The molecule has 2 N–H and O–H groups in total. The zero-order chi connectivity index (χ0) is 13.2. The van der Waals surface area contributed by atoms with Crippen LogP contribution in [0.1, 0.15) is 55.1 Å². The van der Waals surface area contributed by atoms with Gasteiger partial charge in [0.25, 0.3) is 5.91 Å². The fourth-order valence-corrected chi connectivity index (χ4v) is 2.50. The molecule has 106 valence electrons. The molecule has 0 spiro atoms. The second-order valence-electron chi connectivity index (χ2n) is 5.68. The third kappa shape index (κ3) is 3.95. The van der Waals surface area contributed by atoms with Crippen LogP contribution in [0.25, 0.3) is 0 Å². The van der Waals surface area contributed by atoms with Crippen molar-refractivity contribution in [3.8, 4) is 0 Å². The molecular formula is C15H23ClN2O. The van der Waals surface area contributed by atoms with E-state index in [-0.39, 0.29) is 23.9 Å². The van der Waals surface area contributed by atoms with E-state index in [1.165, 1.54) is 11.1 Å². The standard InChI is InChI=1S/C15H22N2O.ClH/c1-4-7-15(2,3)17-14(18)11-5-6-12-9-16-10-13(12)8-11;/h5-6,8,16H,4,7,9-10H2,1-3H3,(H,17,18);1H. The summed E-state index contributed by atoms with van der Waals surface area (Å²) < 4.78 is 0. The number of nitrogens with one attached hydrogen (secondary N) is 2. The number of amides is 1. The van der Waals surface area contributed by atoms with Gasteiger partial charge in [0.05, 0.1) is 0 Å². The van der Waals surface area contributed by atoms with Gasteiger partial charge in [-0.3, -0.25) is 4.79 Å². The zero-order valence-electron chi connectivity index (χ0n) is 11.9. The average molecular weight is 283 g/mol. The predicted octanol–water partition coefficient (Wildman–Crippen LogP) is 3.02. The highest BCUT2D eigenvalue weighted by atomic mass is 35.5. The van der Waals surface area contributed by atoms with Crippen molar-refractivity contribution in [3.05, 3.63) is 34.9 Å². The number of fused-ring (bicyclic) bond motifs is 1. The van der Waals surface area contributed by atoms with E-state index in [9.17, 15) is 4.79 Å². The normalized spacial score (nSPS) is 13.6. The molecule has 0 atom stereocenters. The van der Waals surface area contributed by atoms with Crippen LogP contribution in [0.3, 0.4) is 0 Å². The summed E-state index contributed by atoms with van der Waals surface area (Å²) in [5.74, 6) is 0.0307. The molecule has 0 unspecified atom stereocenters. The van der Waals surface area contributed by atoms with Crippen molar-refractivity contribution in [2.45, 2.75) is 52.2 Å². The maximum absolute atomic E-state index is 12.2. The Morgan fingerprint density at radius 3 is 2.68 bits per heavy atom. The Morgan fingerprint density at radius 2 is 2.00 bits per heavy atom. The number of halogens is 1. The molecule has 3 nitrogen and oxygen atoms in total. The summed E-state index contributed by atoms with van der Waals surface area (Å²) in [6.07, 6.45) is 2.06. The van der Waals surface area contributed by atoms with E-state index in [2.05, 4.69) is 37.5 Å². The van der Waals surface area contributed by atoms with Crippen molar-refractivity contribution >= 4 is 18.3 Å². The molecule has 1 aliphatic rings. The summed E-state index contributed by atoms with van der Waals surface area (Å²) in [5, 5.41) is 6.40. The summed E-state index contributed by atoms with van der Waals surface area (Å²) in [7, 11) is 0. The van der Waals surface area contributed by atoms with Crippen LogP contribution in [-0.4, -0.2) is 11.4 Å². The summed E-state index contributed by atoms with van der Waals surface area (Å²) >= 11 is 0. The molecule has 0 aliphatic carbocycles. The van der Waals surface area contributed by atoms with Crippen LogP contribution in [0.4, 0.5) is 0 Å². The Morgan fingerprint density at radius 1 is 1.32 bits per heavy atom. The molecule has 0 aromatic heterocycles. The van der Waals surface area contributed by atoms with Gasteiger partial charge >= 0.3 is 0 Å². The van der Waals surface area contributed by atoms with Crippen molar-refractivity contribution in [2.75, 3.05) is 0 Å². The van der Waals surface area contributed by atoms with Crippen LogP contribution in [0.2, 0.25) is 0 Å². The van der Waals surface area contributed by atoms with Crippen LogP contribution in [0, 0.1) is 0 Å². The minimum Gasteiger partial charge on any atom is -0.347 e. The van der Waals surface area contributed by atoms with E-state index < -0.39 is 0 Å². The molecule has 0 saturated heterocycles. The first-order valence-electron chi connectivity index (χ1n) is 6.67. The highest BCUT2D eigenvalue weighted by Crippen LogP contribution is 2.18. The summed E-state index contributed by atoms with van der Waals surface area (Å²) in [5.41, 5.74) is 3.18. The first kappa shape index (κ1) is 16.0.